The smallest absolute Gasteiger partial charge is 0.226 e. The van der Waals surface area contributed by atoms with Crippen LogP contribution in [0.25, 0.3) is 10.6 Å². The Hall–Kier alpha value is -1.21. The van der Waals surface area contributed by atoms with E-state index in [9.17, 15) is 4.79 Å². The minimum atomic E-state index is 0. The molecule has 2 unspecified atom stereocenters. The molecule has 0 aliphatic carbocycles. The molecule has 8 heteroatoms. The zero-order valence-electron chi connectivity index (χ0n) is 13.4. The molecule has 3 rings (SSSR count). The van der Waals surface area contributed by atoms with Crippen molar-refractivity contribution in [2.24, 2.45) is 5.92 Å². The van der Waals surface area contributed by atoms with Crippen LogP contribution in [-0.4, -0.2) is 35.0 Å². The monoisotopic (exact) mass is 388 g/mol. The number of hydrogen-bond acceptors (Lipinski definition) is 5. The predicted octanol–water partition coefficient (Wildman–Crippen LogP) is 2.71. The number of nitrogens with zero attached hydrogens (tertiary/aromatic N) is 2. The van der Waals surface area contributed by atoms with Crippen LogP contribution in [0.4, 0.5) is 0 Å². The first-order valence-electron chi connectivity index (χ1n) is 7.57. The van der Waals surface area contributed by atoms with Crippen LogP contribution in [0.2, 0.25) is 0 Å². The quantitative estimate of drug-likeness (QED) is 0.844. The summed E-state index contributed by atoms with van der Waals surface area (Å²) < 4.78 is 0. The minimum Gasteiger partial charge on any atom is -0.351 e. The summed E-state index contributed by atoms with van der Waals surface area (Å²) in [5.41, 5.74) is 1.81. The number of rotatable bonds is 4. The number of halogens is 2. The Morgan fingerprint density at radius 2 is 2.29 bits per heavy atom. The lowest BCUT2D eigenvalue weighted by Gasteiger charge is -2.30. The lowest BCUT2D eigenvalue weighted by molar-refractivity contribution is -0.121. The fraction of sp³-hybridized carbons (Fsp3) is 0.438. The summed E-state index contributed by atoms with van der Waals surface area (Å²) in [5, 5.41) is 9.30. The number of carbonyl (C=O) groups excluding carboxylic acids is 1. The molecule has 2 aromatic rings. The van der Waals surface area contributed by atoms with Crippen molar-refractivity contribution in [3.63, 3.8) is 0 Å². The summed E-state index contributed by atoms with van der Waals surface area (Å²) >= 11 is 1.55. The van der Waals surface area contributed by atoms with Crippen molar-refractivity contribution in [2.75, 3.05) is 13.1 Å². The van der Waals surface area contributed by atoms with Crippen LogP contribution >= 0.6 is 36.2 Å². The lowest BCUT2D eigenvalue weighted by Crippen LogP contribution is -2.50. The van der Waals surface area contributed by atoms with Gasteiger partial charge in [0.1, 0.15) is 5.01 Å². The maximum Gasteiger partial charge on any atom is 0.226 e. The molecule has 1 aliphatic heterocycles. The summed E-state index contributed by atoms with van der Waals surface area (Å²) in [4.78, 5) is 20.8. The SMILES string of the molecule is CC1CCNCC1NC(=O)Cc1csc(-c2cccnc2)n1.Cl.Cl. The molecule has 0 spiro atoms. The molecule has 5 nitrogen and oxygen atoms in total. The molecule has 1 aliphatic rings. The van der Waals surface area contributed by atoms with E-state index in [2.05, 4.69) is 27.5 Å². The first-order valence-corrected chi connectivity index (χ1v) is 8.45. The van der Waals surface area contributed by atoms with Crippen molar-refractivity contribution in [3.05, 3.63) is 35.6 Å². The first kappa shape index (κ1) is 20.8. The highest BCUT2D eigenvalue weighted by Crippen LogP contribution is 2.22. The molecule has 0 radical (unpaired) electrons. The summed E-state index contributed by atoms with van der Waals surface area (Å²) in [6, 6.07) is 4.09. The van der Waals surface area contributed by atoms with E-state index in [0.717, 1.165) is 35.8 Å². The van der Waals surface area contributed by atoms with Crippen LogP contribution in [-0.2, 0) is 11.2 Å². The largest absolute Gasteiger partial charge is 0.351 e. The van der Waals surface area contributed by atoms with E-state index in [0.29, 0.717) is 12.3 Å². The molecule has 0 aromatic carbocycles. The second-order valence-electron chi connectivity index (χ2n) is 5.71. The number of carbonyl (C=O) groups is 1. The van der Waals surface area contributed by atoms with Gasteiger partial charge in [-0.25, -0.2) is 4.98 Å². The molecule has 24 heavy (non-hydrogen) atoms. The van der Waals surface area contributed by atoms with Crippen LogP contribution in [0.15, 0.2) is 29.9 Å². The van der Waals surface area contributed by atoms with Gasteiger partial charge in [0, 0.05) is 35.9 Å². The Balaban J connectivity index is 0.00000144. The molecule has 3 heterocycles. The molecule has 0 bridgehead atoms. The Kier molecular flexibility index (Phi) is 8.62. The molecule has 2 N–H and O–H groups in total. The topological polar surface area (TPSA) is 66.9 Å². The molecule has 2 atom stereocenters. The lowest BCUT2D eigenvalue weighted by atomic mass is 9.95. The summed E-state index contributed by atoms with van der Waals surface area (Å²) in [6.07, 6.45) is 4.97. The fourth-order valence-electron chi connectivity index (χ4n) is 2.62. The highest BCUT2D eigenvalue weighted by atomic mass is 35.5. The number of thiazole rings is 1. The third kappa shape index (κ3) is 5.41. The second-order valence-corrected chi connectivity index (χ2v) is 6.56. The summed E-state index contributed by atoms with van der Waals surface area (Å²) in [7, 11) is 0. The Bertz CT molecular complexity index is 638. The Labute approximate surface area is 158 Å². The Morgan fingerprint density at radius 1 is 1.46 bits per heavy atom. The maximum absolute atomic E-state index is 12.2. The standard InChI is InChI=1S/C16H20N4OS.2ClH/c1-11-4-6-18-9-14(11)20-15(21)7-13-10-22-16(19-13)12-3-2-5-17-8-12;;/h2-3,5,8,10-11,14,18H,4,6-7,9H2,1H3,(H,20,21);2*1H. The zero-order chi connectivity index (χ0) is 15.4. The number of aromatic nitrogens is 2. The third-order valence-corrected chi connectivity index (χ3v) is 4.92. The predicted molar refractivity (Wildman–Crippen MR) is 102 cm³/mol. The zero-order valence-corrected chi connectivity index (χ0v) is 15.8. The highest BCUT2D eigenvalue weighted by Gasteiger charge is 2.22. The molecule has 132 valence electrons. The van der Waals surface area contributed by atoms with Gasteiger partial charge in [-0.15, -0.1) is 36.2 Å². The molecule has 0 saturated carbocycles. The van der Waals surface area contributed by atoms with Crippen LogP contribution in [0.5, 0.6) is 0 Å². The maximum atomic E-state index is 12.2. The van der Waals surface area contributed by atoms with Gasteiger partial charge in [-0.05, 0) is 31.0 Å². The molecular weight excluding hydrogens is 367 g/mol. The molecule has 1 saturated heterocycles. The number of amides is 1. The van der Waals surface area contributed by atoms with Crippen molar-refractivity contribution in [1.82, 2.24) is 20.6 Å². The molecule has 2 aromatic heterocycles. The van der Waals surface area contributed by atoms with Crippen molar-refractivity contribution in [1.29, 1.82) is 0 Å². The number of nitrogens with one attached hydrogen (secondary N) is 2. The first-order chi connectivity index (χ1) is 10.7. The van der Waals surface area contributed by atoms with Crippen LogP contribution in [0.3, 0.4) is 0 Å². The van der Waals surface area contributed by atoms with Crippen LogP contribution < -0.4 is 10.6 Å². The second kappa shape index (κ2) is 9.93. The van der Waals surface area contributed by atoms with Gasteiger partial charge in [-0.1, -0.05) is 6.92 Å². The van der Waals surface area contributed by atoms with Gasteiger partial charge >= 0.3 is 0 Å². The average Bonchev–Trinajstić information content (AvgIpc) is 2.99. The molecule has 1 amide bonds. The van der Waals surface area contributed by atoms with Gasteiger partial charge in [0.05, 0.1) is 12.1 Å². The number of piperidine rings is 1. The van der Waals surface area contributed by atoms with E-state index in [1.807, 2.05) is 17.5 Å². The van der Waals surface area contributed by atoms with Crippen LogP contribution in [0, 0.1) is 5.92 Å². The summed E-state index contributed by atoms with van der Waals surface area (Å²) in [5.74, 6) is 0.565. The highest BCUT2D eigenvalue weighted by molar-refractivity contribution is 7.13. The Morgan fingerprint density at radius 3 is 3.00 bits per heavy atom. The van der Waals surface area contributed by atoms with Gasteiger partial charge in [-0.2, -0.15) is 0 Å². The van der Waals surface area contributed by atoms with Crippen molar-refractivity contribution >= 4 is 42.1 Å². The molecular formula is C16H22Cl2N4OS. The van der Waals surface area contributed by atoms with Gasteiger partial charge in [0.15, 0.2) is 0 Å². The van der Waals surface area contributed by atoms with Gasteiger partial charge in [0.2, 0.25) is 5.91 Å². The van der Waals surface area contributed by atoms with E-state index in [1.165, 1.54) is 0 Å². The van der Waals surface area contributed by atoms with Crippen molar-refractivity contribution < 1.29 is 4.79 Å². The fourth-order valence-corrected chi connectivity index (χ4v) is 3.43. The van der Waals surface area contributed by atoms with Crippen molar-refractivity contribution in [3.8, 4) is 10.6 Å². The van der Waals surface area contributed by atoms with E-state index in [1.54, 1.807) is 23.7 Å². The van der Waals surface area contributed by atoms with E-state index < -0.39 is 0 Å². The summed E-state index contributed by atoms with van der Waals surface area (Å²) in [6.45, 7) is 4.08. The van der Waals surface area contributed by atoms with Crippen LogP contribution in [0.1, 0.15) is 19.0 Å². The normalized spacial score (nSPS) is 19.7. The number of hydrogen-bond donors (Lipinski definition) is 2. The van der Waals surface area contributed by atoms with E-state index >= 15 is 0 Å². The van der Waals surface area contributed by atoms with Gasteiger partial charge < -0.3 is 10.6 Å². The molecule has 1 fully saturated rings. The van der Waals surface area contributed by atoms with Gasteiger partial charge in [0.25, 0.3) is 0 Å². The number of pyridine rings is 1. The van der Waals surface area contributed by atoms with E-state index in [-0.39, 0.29) is 36.8 Å². The average molecular weight is 389 g/mol. The van der Waals surface area contributed by atoms with Gasteiger partial charge in [-0.3, -0.25) is 9.78 Å². The van der Waals surface area contributed by atoms with E-state index in [4.69, 9.17) is 0 Å². The minimum absolute atomic E-state index is 0. The van der Waals surface area contributed by atoms with Crippen molar-refractivity contribution in [2.45, 2.75) is 25.8 Å². The third-order valence-electron chi connectivity index (χ3n) is 3.98.